The van der Waals surface area contributed by atoms with Crippen molar-refractivity contribution in [3.63, 3.8) is 0 Å². The maximum Gasteiger partial charge on any atom is 0.309 e. The van der Waals surface area contributed by atoms with Gasteiger partial charge in [0.1, 0.15) is 0 Å². The highest BCUT2D eigenvalue weighted by molar-refractivity contribution is 5.72. The van der Waals surface area contributed by atoms with E-state index in [1.807, 2.05) is 0 Å². The summed E-state index contributed by atoms with van der Waals surface area (Å²) in [5, 5.41) is 10.5. The van der Waals surface area contributed by atoms with Crippen LogP contribution in [0.1, 0.15) is 12.0 Å². The van der Waals surface area contributed by atoms with Crippen LogP contribution in [0.25, 0.3) is 6.08 Å². The summed E-state index contributed by atoms with van der Waals surface area (Å²) in [6, 6.07) is 1.13. The Morgan fingerprint density at radius 1 is 1.65 bits per heavy atom. The Bertz CT molecular complexity index is 518. The van der Waals surface area contributed by atoms with Crippen molar-refractivity contribution in [2.45, 2.75) is 6.42 Å². The zero-order valence-electron chi connectivity index (χ0n) is 9.00. The van der Waals surface area contributed by atoms with Gasteiger partial charge in [0.25, 0.3) is 11.2 Å². The van der Waals surface area contributed by atoms with Crippen LogP contribution in [-0.2, 0) is 9.53 Å². The molecule has 1 heterocycles. The first-order valence-electron chi connectivity index (χ1n) is 4.65. The molecule has 1 aromatic heterocycles. The molecule has 0 bridgehead atoms. The van der Waals surface area contributed by atoms with Gasteiger partial charge in [-0.25, -0.2) is 0 Å². The number of hydrogen-bond acceptors (Lipinski definition) is 5. The van der Waals surface area contributed by atoms with Crippen LogP contribution in [0.5, 0.6) is 0 Å². The number of nitro groups is 1. The predicted molar refractivity (Wildman–Crippen MR) is 59.4 cm³/mol. The number of ether oxygens (including phenoxy) is 1. The van der Waals surface area contributed by atoms with E-state index in [4.69, 9.17) is 0 Å². The van der Waals surface area contributed by atoms with E-state index < -0.39 is 16.5 Å². The first-order valence-corrected chi connectivity index (χ1v) is 4.65. The van der Waals surface area contributed by atoms with Gasteiger partial charge in [-0.2, -0.15) is 0 Å². The number of rotatable bonds is 4. The Morgan fingerprint density at radius 2 is 2.35 bits per heavy atom. The lowest BCUT2D eigenvalue weighted by atomic mass is 10.2. The van der Waals surface area contributed by atoms with E-state index in [-0.39, 0.29) is 17.7 Å². The topological polar surface area (TPSA) is 102 Å². The molecule has 0 radical (unpaired) electrons. The number of hydrogen-bond donors (Lipinski definition) is 1. The number of aromatic amines is 1. The highest BCUT2D eigenvalue weighted by Crippen LogP contribution is 2.09. The molecule has 17 heavy (non-hydrogen) atoms. The zero-order valence-corrected chi connectivity index (χ0v) is 9.00. The van der Waals surface area contributed by atoms with Crippen molar-refractivity contribution in [2.75, 3.05) is 7.11 Å². The van der Waals surface area contributed by atoms with E-state index in [0.717, 1.165) is 12.3 Å². The first-order chi connectivity index (χ1) is 8.04. The molecule has 0 aliphatic rings. The molecule has 0 fully saturated rings. The number of pyridine rings is 1. The number of nitrogens with zero attached hydrogens (tertiary/aromatic N) is 1. The SMILES string of the molecule is COC(=O)CC=Cc1cc([N+](=O)[O-])c[nH]c1=O. The minimum Gasteiger partial charge on any atom is -0.469 e. The van der Waals surface area contributed by atoms with Crippen LogP contribution >= 0.6 is 0 Å². The fraction of sp³-hybridized carbons (Fsp3) is 0.200. The lowest BCUT2D eigenvalue weighted by Crippen LogP contribution is -2.09. The average Bonchev–Trinajstić information content (AvgIpc) is 2.30. The van der Waals surface area contributed by atoms with Crippen LogP contribution in [-0.4, -0.2) is 23.0 Å². The summed E-state index contributed by atoms with van der Waals surface area (Å²) >= 11 is 0. The van der Waals surface area contributed by atoms with E-state index >= 15 is 0 Å². The summed E-state index contributed by atoms with van der Waals surface area (Å²) in [4.78, 5) is 34.2. The Morgan fingerprint density at radius 3 is 2.94 bits per heavy atom. The van der Waals surface area contributed by atoms with Crippen LogP contribution in [0.3, 0.4) is 0 Å². The summed E-state index contributed by atoms with van der Waals surface area (Å²) in [5.74, 6) is -0.455. The minimum atomic E-state index is -0.617. The predicted octanol–water partition coefficient (Wildman–Crippen LogP) is 0.859. The molecule has 0 aromatic carbocycles. The molecule has 0 saturated heterocycles. The first kappa shape index (κ1) is 12.6. The molecule has 90 valence electrons. The van der Waals surface area contributed by atoms with E-state index in [1.54, 1.807) is 0 Å². The number of H-pyrrole nitrogens is 1. The zero-order chi connectivity index (χ0) is 12.8. The van der Waals surface area contributed by atoms with E-state index in [0.29, 0.717) is 0 Å². The molecule has 0 spiro atoms. The maximum absolute atomic E-state index is 11.3. The van der Waals surface area contributed by atoms with Crippen LogP contribution < -0.4 is 5.56 Å². The molecule has 1 aromatic rings. The summed E-state index contributed by atoms with van der Waals surface area (Å²) in [6.07, 6.45) is 3.75. The van der Waals surface area contributed by atoms with Gasteiger partial charge in [-0.1, -0.05) is 12.2 Å². The number of nitrogens with one attached hydrogen (secondary N) is 1. The highest BCUT2D eigenvalue weighted by Gasteiger charge is 2.07. The number of methoxy groups -OCH3 is 1. The van der Waals surface area contributed by atoms with E-state index in [2.05, 4.69) is 9.72 Å². The van der Waals surface area contributed by atoms with Crippen molar-refractivity contribution in [3.05, 3.63) is 44.4 Å². The Kier molecular flexibility index (Phi) is 4.15. The third-order valence-electron chi connectivity index (χ3n) is 1.94. The summed E-state index contributed by atoms with van der Waals surface area (Å²) in [5.41, 5.74) is -0.567. The molecule has 0 aliphatic heterocycles. The third-order valence-corrected chi connectivity index (χ3v) is 1.94. The van der Waals surface area contributed by atoms with Gasteiger partial charge in [0.15, 0.2) is 0 Å². The molecule has 0 atom stereocenters. The van der Waals surface area contributed by atoms with Crippen molar-refractivity contribution in [2.24, 2.45) is 0 Å². The van der Waals surface area contributed by atoms with Crippen LogP contribution in [0.2, 0.25) is 0 Å². The molecule has 0 aliphatic carbocycles. The number of carbonyl (C=O) groups excluding carboxylic acids is 1. The van der Waals surface area contributed by atoms with E-state index in [1.165, 1.54) is 19.3 Å². The van der Waals surface area contributed by atoms with Crippen molar-refractivity contribution < 1.29 is 14.5 Å². The van der Waals surface area contributed by atoms with Crippen molar-refractivity contribution in [1.82, 2.24) is 4.98 Å². The Balaban J connectivity index is 2.90. The smallest absolute Gasteiger partial charge is 0.309 e. The molecule has 0 saturated carbocycles. The second-order valence-corrected chi connectivity index (χ2v) is 3.08. The van der Waals surface area contributed by atoms with Gasteiger partial charge >= 0.3 is 5.97 Å². The van der Waals surface area contributed by atoms with Crippen LogP contribution in [0.15, 0.2) is 23.1 Å². The summed E-state index contributed by atoms with van der Waals surface area (Å²) in [7, 11) is 1.25. The van der Waals surface area contributed by atoms with Crippen LogP contribution in [0, 0.1) is 10.1 Å². The molecule has 1 rings (SSSR count). The highest BCUT2D eigenvalue weighted by atomic mass is 16.6. The molecule has 0 amide bonds. The second kappa shape index (κ2) is 5.59. The fourth-order valence-electron chi connectivity index (χ4n) is 1.08. The minimum absolute atomic E-state index is 0.00136. The van der Waals surface area contributed by atoms with Crippen molar-refractivity contribution in [3.8, 4) is 0 Å². The van der Waals surface area contributed by atoms with Gasteiger partial charge in [-0.3, -0.25) is 19.7 Å². The molecule has 7 nitrogen and oxygen atoms in total. The Labute approximate surface area is 95.9 Å². The maximum atomic E-state index is 11.3. The van der Waals surface area contributed by atoms with E-state index in [9.17, 15) is 19.7 Å². The molecular weight excluding hydrogens is 228 g/mol. The Hall–Kier alpha value is -2.44. The third kappa shape index (κ3) is 3.56. The number of esters is 1. The van der Waals surface area contributed by atoms with Crippen LogP contribution in [0.4, 0.5) is 5.69 Å². The summed E-state index contributed by atoms with van der Waals surface area (Å²) in [6.45, 7) is 0. The quantitative estimate of drug-likeness (QED) is 0.476. The number of carbonyl (C=O) groups is 1. The van der Waals surface area contributed by atoms with Crippen molar-refractivity contribution >= 4 is 17.7 Å². The van der Waals surface area contributed by atoms with Gasteiger partial charge in [-0.15, -0.1) is 0 Å². The lowest BCUT2D eigenvalue weighted by molar-refractivity contribution is -0.385. The molecule has 0 unspecified atom stereocenters. The monoisotopic (exact) mass is 238 g/mol. The molecular formula is C10H10N2O5. The number of aromatic nitrogens is 1. The van der Waals surface area contributed by atoms with Gasteiger partial charge < -0.3 is 9.72 Å². The fourth-order valence-corrected chi connectivity index (χ4v) is 1.08. The second-order valence-electron chi connectivity index (χ2n) is 3.08. The van der Waals surface area contributed by atoms with Gasteiger partial charge in [0, 0.05) is 11.6 Å². The van der Waals surface area contributed by atoms with Crippen molar-refractivity contribution in [1.29, 1.82) is 0 Å². The summed E-state index contributed by atoms with van der Waals surface area (Å²) < 4.78 is 4.40. The molecule has 7 heteroatoms. The van der Waals surface area contributed by atoms with Gasteiger partial charge in [-0.05, 0) is 0 Å². The molecule has 1 N–H and O–H groups in total. The normalized spacial score (nSPS) is 10.4. The lowest BCUT2D eigenvalue weighted by Gasteiger charge is -1.94. The van der Waals surface area contributed by atoms with Gasteiger partial charge in [0.05, 0.1) is 24.7 Å². The van der Waals surface area contributed by atoms with Gasteiger partial charge in [0.2, 0.25) is 0 Å². The average molecular weight is 238 g/mol. The standard InChI is InChI=1S/C10H10N2O5/c1-17-9(13)4-2-3-7-5-8(12(15)16)6-11-10(7)14/h2-3,5-6H,4H2,1H3,(H,11,14). The largest absolute Gasteiger partial charge is 0.469 e.